The lowest BCUT2D eigenvalue weighted by atomic mass is 9.62. The number of anilines is 1. The van der Waals surface area contributed by atoms with Crippen LogP contribution in [0.3, 0.4) is 0 Å². The third-order valence-corrected chi connectivity index (χ3v) is 8.10. The molecule has 0 spiro atoms. The normalized spacial score (nSPS) is 22.1. The minimum absolute atomic E-state index is 0.0206. The van der Waals surface area contributed by atoms with Gasteiger partial charge in [-0.15, -0.1) is 0 Å². The van der Waals surface area contributed by atoms with Gasteiger partial charge in [0.05, 0.1) is 17.1 Å². The molecule has 1 aliphatic heterocycles. The topological polar surface area (TPSA) is 106 Å². The van der Waals surface area contributed by atoms with Crippen LogP contribution in [0.25, 0.3) is 11.4 Å². The average Bonchev–Trinajstić information content (AvgIpc) is 3.57. The highest BCUT2D eigenvalue weighted by Crippen LogP contribution is 2.52. The zero-order valence-corrected chi connectivity index (χ0v) is 24.6. The maximum absolute atomic E-state index is 15.8. The lowest BCUT2D eigenvalue weighted by Crippen LogP contribution is -2.45. The SMILES string of the molecule is CC(C)(C)C[C@@H]1N[C@@H](C(=O)Nc2ccc(-c3ncn[nH]3)cc2)[C@H](c2cccc(Cl)c2F)[C@@]1(C#N)c1ccc(Cl)cc1F. The van der Waals surface area contributed by atoms with Gasteiger partial charge >= 0.3 is 0 Å². The van der Waals surface area contributed by atoms with Crippen LogP contribution in [0.2, 0.25) is 10.0 Å². The second kappa shape index (κ2) is 11.4. The van der Waals surface area contributed by atoms with Gasteiger partial charge in [-0.2, -0.15) is 10.4 Å². The molecule has 0 unspecified atom stereocenters. The maximum Gasteiger partial charge on any atom is 0.242 e. The zero-order chi connectivity index (χ0) is 30.2. The molecule has 1 fully saturated rings. The van der Waals surface area contributed by atoms with Gasteiger partial charge in [0, 0.05) is 33.8 Å². The molecule has 4 aromatic rings. The number of amides is 1. The number of carbonyl (C=O) groups is 1. The molecule has 0 bridgehead atoms. The Bertz CT molecular complexity index is 1650. The number of hydrogen-bond acceptors (Lipinski definition) is 5. The lowest BCUT2D eigenvalue weighted by molar-refractivity contribution is -0.118. The molecule has 0 aliphatic carbocycles. The summed E-state index contributed by atoms with van der Waals surface area (Å²) in [5.41, 5.74) is -0.770. The standard InChI is InChI=1S/C31H28Cl2F2N6O/c1-30(2,3)14-24-31(15-36,21-12-9-18(32)13-23(21)34)25(20-5-4-6-22(33)26(20)35)27(40-24)29(42)39-19-10-7-17(8-11-19)28-37-16-38-41-28/h4-13,16,24-25,27,40H,14H2,1-3H3,(H,39,42)(H,37,38,41)/t24-,25-,27+,31-/m0/s1. The number of aromatic amines is 1. The molecule has 3 N–H and O–H groups in total. The average molecular weight is 610 g/mol. The van der Waals surface area contributed by atoms with E-state index in [4.69, 9.17) is 23.2 Å². The van der Waals surface area contributed by atoms with E-state index in [1.807, 2.05) is 20.8 Å². The second-order valence-electron chi connectivity index (χ2n) is 11.6. The van der Waals surface area contributed by atoms with E-state index in [1.165, 1.54) is 30.6 Å². The fourth-order valence-corrected chi connectivity index (χ4v) is 6.17. The number of H-pyrrole nitrogens is 1. The van der Waals surface area contributed by atoms with Gasteiger partial charge in [0.1, 0.15) is 23.4 Å². The Morgan fingerprint density at radius 2 is 1.86 bits per heavy atom. The highest BCUT2D eigenvalue weighted by molar-refractivity contribution is 6.31. The van der Waals surface area contributed by atoms with E-state index in [1.54, 1.807) is 30.3 Å². The first-order valence-corrected chi connectivity index (χ1v) is 14.0. The molecule has 42 heavy (non-hydrogen) atoms. The van der Waals surface area contributed by atoms with E-state index in [-0.39, 0.29) is 26.6 Å². The molecule has 7 nitrogen and oxygen atoms in total. The van der Waals surface area contributed by atoms with Crippen LogP contribution >= 0.6 is 23.2 Å². The molecule has 0 radical (unpaired) electrons. The zero-order valence-electron chi connectivity index (χ0n) is 23.1. The van der Waals surface area contributed by atoms with Crippen molar-refractivity contribution in [2.45, 2.75) is 50.6 Å². The Hall–Kier alpha value is -3.84. The molecule has 1 amide bonds. The Kier molecular flexibility index (Phi) is 8.08. The first kappa shape index (κ1) is 29.6. The van der Waals surface area contributed by atoms with Crippen LogP contribution in [0.1, 0.15) is 44.2 Å². The molecule has 4 atom stereocenters. The Labute approximate surface area is 252 Å². The van der Waals surface area contributed by atoms with Crippen molar-refractivity contribution in [3.8, 4) is 17.5 Å². The van der Waals surface area contributed by atoms with E-state index >= 15 is 8.78 Å². The van der Waals surface area contributed by atoms with Crippen molar-refractivity contribution < 1.29 is 13.6 Å². The molecular formula is C31H28Cl2F2N6O. The van der Waals surface area contributed by atoms with Gasteiger partial charge in [-0.3, -0.25) is 9.89 Å². The fraction of sp³-hybridized carbons (Fsp3) is 0.290. The first-order chi connectivity index (χ1) is 19.9. The van der Waals surface area contributed by atoms with Gasteiger partial charge < -0.3 is 10.6 Å². The van der Waals surface area contributed by atoms with Crippen LogP contribution in [0.5, 0.6) is 0 Å². The Morgan fingerprint density at radius 1 is 1.12 bits per heavy atom. The van der Waals surface area contributed by atoms with Gasteiger partial charge in [-0.25, -0.2) is 13.8 Å². The summed E-state index contributed by atoms with van der Waals surface area (Å²) < 4.78 is 31.5. The van der Waals surface area contributed by atoms with E-state index < -0.39 is 41.0 Å². The predicted octanol–water partition coefficient (Wildman–Crippen LogP) is 7.02. The Morgan fingerprint density at radius 3 is 2.48 bits per heavy atom. The van der Waals surface area contributed by atoms with Crippen LogP contribution in [0, 0.1) is 28.4 Å². The summed E-state index contributed by atoms with van der Waals surface area (Å²) in [4.78, 5) is 18.1. The van der Waals surface area contributed by atoms with Gasteiger partial charge in [-0.05, 0) is 59.9 Å². The summed E-state index contributed by atoms with van der Waals surface area (Å²) in [5.74, 6) is -2.60. The number of aromatic nitrogens is 3. The molecule has 2 heterocycles. The number of nitrogens with zero attached hydrogens (tertiary/aromatic N) is 3. The van der Waals surface area contributed by atoms with E-state index in [2.05, 4.69) is 31.9 Å². The van der Waals surface area contributed by atoms with Crippen molar-refractivity contribution in [3.63, 3.8) is 0 Å². The van der Waals surface area contributed by atoms with Crippen LogP contribution in [0.4, 0.5) is 14.5 Å². The van der Waals surface area contributed by atoms with Crippen molar-refractivity contribution in [1.82, 2.24) is 20.5 Å². The number of hydrogen-bond donors (Lipinski definition) is 3. The number of rotatable bonds is 6. The second-order valence-corrected chi connectivity index (χ2v) is 12.4. The van der Waals surface area contributed by atoms with E-state index in [9.17, 15) is 10.1 Å². The van der Waals surface area contributed by atoms with Gasteiger partial charge in [0.2, 0.25) is 5.91 Å². The van der Waals surface area contributed by atoms with Crippen molar-refractivity contribution in [2.75, 3.05) is 5.32 Å². The summed E-state index contributed by atoms with van der Waals surface area (Å²) in [6.07, 6.45) is 1.77. The summed E-state index contributed by atoms with van der Waals surface area (Å²) in [6.45, 7) is 5.94. The third-order valence-electron chi connectivity index (χ3n) is 7.57. The summed E-state index contributed by atoms with van der Waals surface area (Å²) in [5, 5.41) is 23.7. The van der Waals surface area contributed by atoms with Crippen LogP contribution in [-0.2, 0) is 10.2 Å². The summed E-state index contributed by atoms with van der Waals surface area (Å²) in [6, 6.07) is 15.9. The highest BCUT2D eigenvalue weighted by Gasteiger charge is 2.61. The molecule has 1 aromatic heterocycles. The van der Waals surface area contributed by atoms with Crippen LogP contribution < -0.4 is 10.6 Å². The molecule has 216 valence electrons. The van der Waals surface area contributed by atoms with Crippen molar-refractivity contribution in [3.05, 3.63) is 99.8 Å². The fourth-order valence-electron chi connectivity index (χ4n) is 5.83. The van der Waals surface area contributed by atoms with E-state index in [0.29, 0.717) is 17.9 Å². The van der Waals surface area contributed by atoms with Gasteiger partial charge in [0.25, 0.3) is 0 Å². The van der Waals surface area contributed by atoms with Gasteiger partial charge in [-0.1, -0.05) is 62.2 Å². The minimum atomic E-state index is -1.70. The van der Waals surface area contributed by atoms with Crippen molar-refractivity contribution in [2.24, 2.45) is 5.41 Å². The largest absolute Gasteiger partial charge is 0.325 e. The third kappa shape index (κ3) is 5.50. The highest BCUT2D eigenvalue weighted by atomic mass is 35.5. The number of halogens is 4. The quantitative estimate of drug-likeness (QED) is 0.218. The number of nitriles is 1. The maximum atomic E-state index is 15.8. The van der Waals surface area contributed by atoms with Crippen LogP contribution in [-0.4, -0.2) is 33.2 Å². The molecule has 0 saturated carbocycles. The minimum Gasteiger partial charge on any atom is -0.325 e. The number of benzene rings is 3. The molecule has 1 saturated heterocycles. The summed E-state index contributed by atoms with van der Waals surface area (Å²) >= 11 is 12.3. The molecule has 1 aliphatic rings. The van der Waals surface area contributed by atoms with Gasteiger partial charge in [0.15, 0.2) is 5.82 Å². The number of carbonyl (C=O) groups excluding carboxylic acids is 1. The summed E-state index contributed by atoms with van der Waals surface area (Å²) in [7, 11) is 0. The monoisotopic (exact) mass is 608 g/mol. The van der Waals surface area contributed by atoms with Crippen molar-refractivity contribution in [1.29, 1.82) is 5.26 Å². The molecule has 5 rings (SSSR count). The lowest BCUT2D eigenvalue weighted by Gasteiger charge is -2.37. The van der Waals surface area contributed by atoms with Crippen molar-refractivity contribution >= 4 is 34.8 Å². The molecule has 3 aromatic carbocycles. The Balaban J connectivity index is 1.64. The smallest absolute Gasteiger partial charge is 0.242 e. The first-order valence-electron chi connectivity index (χ1n) is 13.3. The molecule has 11 heteroatoms. The van der Waals surface area contributed by atoms with Crippen LogP contribution in [0.15, 0.2) is 67.0 Å². The number of nitrogens with one attached hydrogen (secondary N) is 3. The molecular weight excluding hydrogens is 581 g/mol. The predicted molar refractivity (Wildman–Crippen MR) is 158 cm³/mol. The van der Waals surface area contributed by atoms with E-state index in [0.717, 1.165) is 11.6 Å².